The normalized spacial score (nSPS) is 14.3. The molecule has 0 aliphatic carbocycles. The predicted octanol–water partition coefficient (Wildman–Crippen LogP) is 4.23. The maximum absolute atomic E-state index is 13.0. The fourth-order valence-corrected chi connectivity index (χ4v) is 3.85. The van der Waals surface area contributed by atoms with E-state index in [-0.39, 0.29) is 23.8 Å². The molecule has 0 bridgehead atoms. The van der Waals surface area contributed by atoms with Gasteiger partial charge in [-0.1, -0.05) is 17.7 Å². The number of aromatic nitrogens is 3. The average molecular weight is 423 g/mol. The minimum atomic E-state index is -4.52. The van der Waals surface area contributed by atoms with Crippen LogP contribution < -0.4 is 0 Å². The van der Waals surface area contributed by atoms with Crippen LogP contribution in [-0.4, -0.2) is 31.9 Å². The quantitative estimate of drug-likeness (QED) is 0.634. The van der Waals surface area contributed by atoms with Crippen LogP contribution in [0.4, 0.5) is 13.2 Å². The van der Waals surface area contributed by atoms with Crippen LogP contribution >= 0.6 is 11.6 Å². The van der Waals surface area contributed by atoms with E-state index in [1.807, 2.05) is 17.5 Å². The number of amides is 1. The molecule has 4 rings (SSSR count). The minimum Gasteiger partial charge on any atom is -0.338 e. The topological polar surface area (TPSA) is 50.5 Å². The van der Waals surface area contributed by atoms with Gasteiger partial charge in [0.25, 0.3) is 0 Å². The zero-order valence-corrected chi connectivity index (χ0v) is 16.4. The third kappa shape index (κ3) is 3.94. The third-order valence-electron chi connectivity index (χ3n) is 5.09. The summed E-state index contributed by atoms with van der Waals surface area (Å²) >= 11 is 5.65. The first-order valence-electron chi connectivity index (χ1n) is 9.19. The summed E-state index contributed by atoms with van der Waals surface area (Å²) in [7, 11) is 0. The van der Waals surface area contributed by atoms with Gasteiger partial charge in [0.1, 0.15) is 0 Å². The lowest BCUT2D eigenvalue weighted by Crippen LogP contribution is -2.37. The number of carbonyl (C=O) groups is 1. The van der Waals surface area contributed by atoms with Crippen molar-refractivity contribution < 1.29 is 18.0 Å². The van der Waals surface area contributed by atoms with Gasteiger partial charge in [0.15, 0.2) is 5.65 Å². The molecule has 0 saturated carbocycles. The van der Waals surface area contributed by atoms with E-state index in [1.54, 1.807) is 11.1 Å². The molecule has 152 valence electrons. The molecule has 0 unspecified atom stereocenters. The van der Waals surface area contributed by atoms with E-state index in [0.717, 1.165) is 28.7 Å². The average Bonchev–Trinajstić information content (AvgIpc) is 3.06. The summed E-state index contributed by atoms with van der Waals surface area (Å²) in [4.78, 5) is 18.7. The zero-order valence-electron chi connectivity index (χ0n) is 15.6. The number of alkyl halides is 3. The Labute approximate surface area is 170 Å². The lowest BCUT2D eigenvalue weighted by atomic mass is 10.0. The molecule has 0 N–H and O–H groups in total. The largest absolute Gasteiger partial charge is 0.417 e. The van der Waals surface area contributed by atoms with Gasteiger partial charge in [-0.3, -0.25) is 4.79 Å². The van der Waals surface area contributed by atoms with Crippen LogP contribution in [0.25, 0.3) is 5.65 Å². The van der Waals surface area contributed by atoms with E-state index >= 15 is 0 Å². The number of halogens is 4. The lowest BCUT2D eigenvalue weighted by Gasteiger charge is -2.29. The first-order chi connectivity index (χ1) is 13.7. The second kappa shape index (κ2) is 7.33. The zero-order chi connectivity index (χ0) is 20.8. The van der Waals surface area contributed by atoms with Crippen molar-refractivity contribution in [2.45, 2.75) is 38.9 Å². The Morgan fingerprint density at radius 2 is 2.07 bits per heavy atom. The van der Waals surface area contributed by atoms with E-state index in [0.29, 0.717) is 25.1 Å². The summed E-state index contributed by atoms with van der Waals surface area (Å²) in [6.45, 7) is 2.86. The second-order valence-corrected chi connectivity index (χ2v) is 7.57. The van der Waals surface area contributed by atoms with E-state index in [9.17, 15) is 18.0 Å². The molecule has 1 aliphatic rings. The standard InChI is InChI=1S/C20H18ClF3N4O/c1-12-8-18-25-10-14-11-27(7-6-17(14)28(18)26-12)19(29)5-3-13-2-4-16(21)15(9-13)20(22,23)24/h2,4,8-10H,3,5-7,11H2,1H3. The van der Waals surface area contributed by atoms with Crippen LogP contribution in [0.15, 0.2) is 30.5 Å². The third-order valence-corrected chi connectivity index (χ3v) is 5.42. The highest BCUT2D eigenvalue weighted by atomic mass is 35.5. The summed E-state index contributed by atoms with van der Waals surface area (Å²) in [6.07, 6.45) is -1.75. The number of fused-ring (bicyclic) bond motifs is 3. The highest BCUT2D eigenvalue weighted by Gasteiger charge is 2.33. The van der Waals surface area contributed by atoms with Gasteiger partial charge in [-0.05, 0) is 31.0 Å². The molecular formula is C20H18ClF3N4O. The van der Waals surface area contributed by atoms with Crippen molar-refractivity contribution in [2.75, 3.05) is 6.54 Å². The van der Waals surface area contributed by atoms with Crippen molar-refractivity contribution >= 4 is 23.2 Å². The summed E-state index contributed by atoms with van der Waals surface area (Å²) in [5, 5.41) is 4.12. The van der Waals surface area contributed by atoms with E-state index in [2.05, 4.69) is 10.1 Å². The van der Waals surface area contributed by atoms with Crippen LogP contribution in [0.3, 0.4) is 0 Å². The summed E-state index contributed by atoms with van der Waals surface area (Å²) in [5.41, 5.74) is 3.20. The van der Waals surface area contributed by atoms with Gasteiger partial charge >= 0.3 is 6.18 Å². The van der Waals surface area contributed by atoms with Gasteiger partial charge in [0.2, 0.25) is 5.91 Å². The van der Waals surface area contributed by atoms with Crippen LogP contribution in [0.1, 0.15) is 34.5 Å². The summed E-state index contributed by atoms with van der Waals surface area (Å²) < 4.78 is 40.8. The number of hydrogen-bond acceptors (Lipinski definition) is 3. The monoisotopic (exact) mass is 422 g/mol. The molecule has 3 aromatic rings. The molecule has 1 aliphatic heterocycles. The fraction of sp³-hybridized carbons (Fsp3) is 0.350. The van der Waals surface area contributed by atoms with Crippen LogP contribution in [0.2, 0.25) is 5.02 Å². The van der Waals surface area contributed by atoms with Crippen molar-refractivity contribution in [3.05, 3.63) is 63.6 Å². The number of benzene rings is 1. The molecule has 0 saturated heterocycles. The van der Waals surface area contributed by atoms with Crippen LogP contribution in [0, 0.1) is 6.92 Å². The van der Waals surface area contributed by atoms with E-state index in [4.69, 9.17) is 11.6 Å². The van der Waals surface area contributed by atoms with Crippen molar-refractivity contribution in [1.29, 1.82) is 0 Å². The lowest BCUT2D eigenvalue weighted by molar-refractivity contribution is -0.137. The molecule has 2 aromatic heterocycles. The molecule has 9 heteroatoms. The number of aryl methyl sites for hydroxylation is 2. The Bertz CT molecular complexity index is 1090. The minimum absolute atomic E-state index is 0.101. The number of carbonyl (C=O) groups excluding carboxylic acids is 1. The van der Waals surface area contributed by atoms with Crippen LogP contribution in [-0.2, 0) is 30.4 Å². The highest BCUT2D eigenvalue weighted by Crippen LogP contribution is 2.35. The second-order valence-electron chi connectivity index (χ2n) is 7.16. The Kier molecular flexibility index (Phi) is 4.98. The van der Waals surface area contributed by atoms with E-state index in [1.165, 1.54) is 12.1 Å². The van der Waals surface area contributed by atoms with Gasteiger partial charge < -0.3 is 4.90 Å². The van der Waals surface area contributed by atoms with E-state index < -0.39 is 11.7 Å². The highest BCUT2D eigenvalue weighted by molar-refractivity contribution is 6.31. The molecule has 5 nitrogen and oxygen atoms in total. The molecular weight excluding hydrogens is 405 g/mol. The van der Waals surface area contributed by atoms with Crippen LogP contribution in [0.5, 0.6) is 0 Å². The molecule has 29 heavy (non-hydrogen) atoms. The Balaban J connectivity index is 1.45. The van der Waals surface area contributed by atoms with Gasteiger partial charge in [-0.15, -0.1) is 0 Å². The molecule has 3 heterocycles. The Morgan fingerprint density at radius 1 is 1.28 bits per heavy atom. The maximum atomic E-state index is 13.0. The molecule has 1 amide bonds. The SMILES string of the molecule is Cc1cc2ncc3c(n2n1)CCN(C(=O)CCc1ccc(Cl)c(C(F)(F)F)c1)C3. The van der Waals surface area contributed by atoms with Crippen molar-refractivity contribution in [1.82, 2.24) is 19.5 Å². The molecule has 0 radical (unpaired) electrons. The van der Waals surface area contributed by atoms with Crippen molar-refractivity contribution in [3.8, 4) is 0 Å². The predicted molar refractivity (Wildman–Crippen MR) is 102 cm³/mol. The number of hydrogen-bond donors (Lipinski definition) is 0. The van der Waals surface area contributed by atoms with Gasteiger partial charge in [0.05, 0.1) is 22.0 Å². The first-order valence-corrected chi connectivity index (χ1v) is 9.56. The fourth-order valence-electron chi connectivity index (χ4n) is 3.62. The number of nitrogens with zero attached hydrogens (tertiary/aromatic N) is 4. The molecule has 0 atom stereocenters. The molecule has 1 aromatic carbocycles. The molecule has 0 spiro atoms. The Hall–Kier alpha value is -2.61. The molecule has 0 fully saturated rings. The van der Waals surface area contributed by atoms with Crippen molar-refractivity contribution in [3.63, 3.8) is 0 Å². The Morgan fingerprint density at radius 3 is 2.83 bits per heavy atom. The summed E-state index contributed by atoms with van der Waals surface area (Å²) in [6, 6.07) is 5.67. The van der Waals surface area contributed by atoms with Gasteiger partial charge in [-0.2, -0.15) is 18.3 Å². The van der Waals surface area contributed by atoms with Gasteiger partial charge in [0, 0.05) is 43.8 Å². The number of rotatable bonds is 3. The maximum Gasteiger partial charge on any atom is 0.417 e. The summed E-state index contributed by atoms with van der Waals surface area (Å²) in [5.74, 6) is -0.101. The van der Waals surface area contributed by atoms with Gasteiger partial charge in [-0.25, -0.2) is 9.50 Å². The first kappa shape index (κ1) is 19.7. The smallest absolute Gasteiger partial charge is 0.338 e. The van der Waals surface area contributed by atoms with Crippen molar-refractivity contribution in [2.24, 2.45) is 0 Å².